The van der Waals surface area contributed by atoms with Crippen LogP contribution in [0.5, 0.6) is 5.75 Å². The van der Waals surface area contributed by atoms with E-state index in [1.807, 2.05) is 30.3 Å². The number of nitrogens with two attached hydrogens (primary N) is 1. The second kappa shape index (κ2) is 13.2. The maximum absolute atomic E-state index is 13.7. The molecule has 0 saturated carbocycles. The second-order valence-corrected chi connectivity index (χ2v) is 9.43. The van der Waals surface area contributed by atoms with Gasteiger partial charge in [0.2, 0.25) is 0 Å². The summed E-state index contributed by atoms with van der Waals surface area (Å²) in [5, 5.41) is 15.1. The van der Waals surface area contributed by atoms with Gasteiger partial charge >= 0.3 is 6.18 Å². The van der Waals surface area contributed by atoms with Crippen molar-refractivity contribution >= 4 is 16.8 Å². The Bertz CT molecular complexity index is 960. The Labute approximate surface area is 208 Å². The number of hydrazone groups is 1. The zero-order valence-electron chi connectivity index (χ0n) is 19.7. The average Bonchev–Trinajstić information content (AvgIpc) is 3.24. The number of ether oxygens (including phenoxy) is 2. The number of alkyl halides is 3. The van der Waals surface area contributed by atoms with E-state index >= 15 is 0 Å². The van der Waals surface area contributed by atoms with Crippen LogP contribution in [0.2, 0.25) is 0 Å². The lowest BCUT2D eigenvalue weighted by molar-refractivity contribution is -0.139. The Morgan fingerprint density at radius 1 is 1.09 bits per heavy atom. The Morgan fingerprint density at radius 2 is 1.80 bits per heavy atom. The van der Waals surface area contributed by atoms with Gasteiger partial charge in [-0.05, 0) is 42.5 Å². The Kier molecular flexibility index (Phi) is 10.3. The summed E-state index contributed by atoms with van der Waals surface area (Å²) in [6, 6.07) is 13.4. The van der Waals surface area contributed by atoms with E-state index in [0.717, 1.165) is 30.9 Å². The van der Waals surface area contributed by atoms with Crippen LogP contribution in [0.25, 0.3) is 0 Å². The number of benzene rings is 2. The molecule has 35 heavy (non-hydrogen) atoms. The molecule has 0 fully saturated rings. The first kappa shape index (κ1) is 27.3. The lowest BCUT2D eigenvalue weighted by atomic mass is 10.1. The van der Waals surface area contributed by atoms with Gasteiger partial charge in [0.1, 0.15) is 16.2 Å². The molecule has 0 radical (unpaired) electrons. The molecule has 2 unspecified atom stereocenters. The molecule has 0 saturated heterocycles. The van der Waals surface area contributed by atoms with Crippen molar-refractivity contribution in [2.75, 3.05) is 26.9 Å². The molecular weight excluding hydrogens is 479 g/mol. The van der Waals surface area contributed by atoms with E-state index in [1.54, 1.807) is 18.1 Å². The minimum Gasteiger partial charge on any atom is -0.493 e. The van der Waals surface area contributed by atoms with E-state index in [2.05, 4.69) is 5.10 Å². The highest BCUT2D eigenvalue weighted by atomic mass is 32.2. The number of nitrogens with zero attached hydrogens (tertiary/aromatic N) is 2. The van der Waals surface area contributed by atoms with Crippen molar-refractivity contribution < 1.29 is 27.8 Å². The van der Waals surface area contributed by atoms with Crippen molar-refractivity contribution in [3.05, 3.63) is 65.2 Å². The Morgan fingerprint density at radius 3 is 2.49 bits per heavy atom. The highest BCUT2D eigenvalue weighted by Gasteiger charge is 2.37. The molecule has 192 valence electrons. The van der Waals surface area contributed by atoms with Gasteiger partial charge < -0.3 is 20.3 Å². The van der Waals surface area contributed by atoms with Crippen LogP contribution in [0.4, 0.5) is 13.2 Å². The van der Waals surface area contributed by atoms with Crippen molar-refractivity contribution in [2.24, 2.45) is 10.8 Å². The first-order chi connectivity index (χ1) is 16.8. The van der Waals surface area contributed by atoms with Crippen LogP contribution in [0.3, 0.4) is 0 Å². The zero-order chi connectivity index (χ0) is 25.3. The number of thioether (sulfide) groups is 1. The van der Waals surface area contributed by atoms with Crippen LogP contribution in [0.1, 0.15) is 47.7 Å². The Hall–Kier alpha value is -2.27. The number of hydrogen-bond donors (Lipinski definition) is 2. The minimum atomic E-state index is -4.55. The maximum atomic E-state index is 13.7. The van der Waals surface area contributed by atoms with E-state index < -0.39 is 23.2 Å². The van der Waals surface area contributed by atoms with Crippen molar-refractivity contribution in [2.45, 2.75) is 49.9 Å². The van der Waals surface area contributed by atoms with Gasteiger partial charge in [-0.25, -0.2) is 0 Å². The minimum absolute atomic E-state index is 0.175. The van der Waals surface area contributed by atoms with Gasteiger partial charge in [0, 0.05) is 13.7 Å². The number of hydrogen-bond acceptors (Lipinski definition) is 7. The molecule has 6 nitrogen and oxygen atoms in total. The number of rotatable bonds is 13. The number of halogens is 3. The molecular formula is C25H32F3N3O3S. The number of unbranched alkanes of at least 4 members (excludes halogenated alkanes) is 3. The predicted octanol–water partition coefficient (Wildman–Crippen LogP) is 5.17. The molecule has 1 aliphatic heterocycles. The van der Waals surface area contributed by atoms with Crippen molar-refractivity contribution in [1.29, 1.82) is 0 Å². The number of aliphatic hydroxyl groups excluding tert-OH is 1. The second-order valence-electron chi connectivity index (χ2n) is 8.33. The van der Waals surface area contributed by atoms with Crippen LogP contribution in [0.15, 0.2) is 53.6 Å². The summed E-state index contributed by atoms with van der Waals surface area (Å²) in [6.45, 7) is 1.16. The lowest BCUT2D eigenvalue weighted by Gasteiger charge is -2.21. The van der Waals surface area contributed by atoms with Gasteiger partial charge in [-0.3, -0.25) is 5.01 Å². The smallest absolute Gasteiger partial charge is 0.419 e. The average molecular weight is 512 g/mol. The summed E-state index contributed by atoms with van der Waals surface area (Å²) in [7, 11) is 1.67. The maximum Gasteiger partial charge on any atom is 0.419 e. The zero-order valence-corrected chi connectivity index (χ0v) is 20.5. The standard InChI is InChI=1S/C25H32F3N3O3S/c1-31-24(35-23(30-31)21(29)16-32)19-11-12-22(20(15-19)25(26,27)28)34-14-8-3-2-7-13-33-17-18-9-5-4-6-10-18/h4-6,9-12,15,21,24,32H,2-3,7-8,13-14,16-17,29H2,1H3. The van der Waals surface area contributed by atoms with Gasteiger partial charge in [-0.15, -0.1) is 0 Å². The third kappa shape index (κ3) is 8.13. The SMILES string of the molecule is CN1N=C(C(N)CO)SC1c1ccc(OCCCCCCOCc2ccccc2)c(C(F)(F)F)c1. The normalized spacial score (nSPS) is 16.9. The summed E-state index contributed by atoms with van der Waals surface area (Å²) in [5.74, 6) is -0.175. The van der Waals surface area contributed by atoms with Crippen LogP contribution < -0.4 is 10.5 Å². The first-order valence-corrected chi connectivity index (χ1v) is 12.5. The summed E-state index contributed by atoms with van der Waals surface area (Å²) in [6.07, 6.45) is -1.22. The van der Waals surface area contributed by atoms with Gasteiger partial charge in [-0.1, -0.05) is 54.6 Å². The van der Waals surface area contributed by atoms with E-state index in [0.29, 0.717) is 30.2 Å². The van der Waals surface area contributed by atoms with Gasteiger partial charge in [0.15, 0.2) is 0 Å². The van der Waals surface area contributed by atoms with Crippen molar-refractivity contribution in [1.82, 2.24) is 5.01 Å². The summed E-state index contributed by atoms with van der Waals surface area (Å²) >= 11 is 1.23. The quantitative estimate of drug-likeness (QED) is 0.361. The van der Waals surface area contributed by atoms with Crippen molar-refractivity contribution in [3.63, 3.8) is 0 Å². The van der Waals surface area contributed by atoms with Gasteiger partial charge in [0.05, 0.1) is 31.4 Å². The van der Waals surface area contributed by atoms with Crippen LogP contribution in [0, 0.1) is 0 Å². The molecule has 0 amide bonds. The fourth-order valence-electron chi connectivity index (χ4n) is 3.60. The molecule has 10 heteroatoms. The van der Waals surface area contributed by atoms with Crippen molar-refractivity contribution in [3.8, 4) is 5.75 Å². The molecule has 0 spiro atoms. The highest BCUT2D eigenvalue weighted by Crippen LogP contribution is 2.43. The third-order valence-electron chi connectivity index (χ3n) is 5.49. The molecule has 0 aliphatic carbocycles. The molecule has 3 N–H and O–H groups in total. The molecule has 1 heterocycles. The highest BCUT2D eigenvalue weighted by molar-refractivity contribution is 8.14. The van der Waals surface area contributed by atoms with Crippen LogP contribution in [-0.2, 0) is 17.5 Å². The fourth-order valence-corrected chi connectivity index (χ4v) is 4.74. The fraction of sp³-hybridized carbons (Fsp3) is 0.480. The molecule has 3 rings (SSSR count). The van der Waals surface area contributed by atoms with E-state index in [1.165, 1.54) is 17.8 Å². The first-order valence-electron chi connectivity index (χ1n) is 11.6. The molecule has 0 bridgehead atoms. The third-order valence-corrected chi connectivity index (χ3v) is 6.91. The van der Waals surface area contributed by atoms with Crippen LogP contribution in [-0.4, -0.2) is 48.1 Å². The molecule has 0 aromatic heterocycles. The molecule has 1 aliphatic rings. The summed E-state index contributed by atoms with van der Waals surface area (Å²) in [5.41, 5.74) is 6.57. The lowest BCUT2D eigenvalue weighted by Crippen LogP contribution is -2.31. The molecule has 2 aromatic rings. The topological polar surface area (TPSA) is 80.3 Å². The van der Waals surface area contributed by atoms with E-state index in [4.69, 9.17) is 15.2 Å². The van der Waals surface area contributed by atoms with E-state index in [-0.39, 0.29) is 19.0 Å². The summed E-state index contributed by atoms with van der Waals surface area (Å²) in [4.78, 5) is 0. The monoisotopic (exact) mass is 511 g/mol. The van der Waals surface area contributed by atoms with Gasteiger partial charge in [-0.2, -0.15) is 18.3 Å². The molecule has 2 atom stereocenters. The predicted molar refractivity (Wildman–Crippen MR) is 132 cm³/mol. The largest absolute Gasteiger partial charge is 0.493 e. The number of aliphatic hydroxyl groups is 1. The van der Waals surface area contributed by atoms with Gasteiger partial charge in [0.25, 0.3) is 0 Å². The summed E-state index contributed by atoms with van der Waals surface area (Å²) < 4.78 is 52.4. The van der Waals surface area contributed by atoms with Crippen LogP contribution >= 0.6 is 11.8 Å². The molecule has 2 aromatic carbocycles. The van der Waals surface area contributed by atoms with E-state index in [9.17, 15) is 18.3 Å². The Balaban J connectivity index is 1.44.